The molecular weight excluding hydrogens is 268 g/mol. The highest BCUT2D eigenvalue weighted by Gasteiger charge is 2.37. The molecule has 21 heavy (non-hydrogen) atoms. The lowest BCUT2D eigenvalue weighted by Crippen LogP contribution is -2.55. The minimum atomic E-state index is -1.25. The third kappa shape index (κ3) is 3.97. The Morgan fingerprint density at radius 2 is 1.76 bits per heavy atom. The van der Waals surface area contributed by atoms with Crippen molar-refractivity contribution >= 4 is 17.7 Å². The SMILES string of the molecule is CCCCN(C(=O)N(C)C(C)(C)C(=O)O)c1ccccc1. The van der Waals surface area contributed by atoms with Gasteiger partial charge in [0.25, 0.3) is 0 Å². The second kappa shape index (κ2) is 7.11. The molecule has 5 nitrogen and oxygen atoms in total. The number of carboxylic acids is 1. The Bertz CT molecular complexity index is 486. The number of hydrogen-bond donors (Lipinski definition) is 1. The number of benzene rings is 1. The van der Waals surface area contributed by atoms with Crippen molar-refractivity contribution in [1.29, 1.82) is 0 Å². The maximum Gasteiger partial charge on any atom is 0.329 e. The summed E-state index contributed by atoms with van der Waals surface area (Å²) in [5, 5.41) is 9.28. The van der Waals surface area contributed by atoms with Crippen molar-refractivity contribution in [2.45, 2.75) is 39.2 Å². The minimum absolute atomic E-state index is 0.304. The van der Waals surface area contributed by atoms with E-state index in [1.54, 1.807) is 4.90 Å². The van der Waals surface area contributed by atoms with Crippen molar-refractivity contribution in [2.24, 2.45) is 0 Å². The molecule has 0 radical (unpaired) electrons. The van der Waals surface area contributed by atoms with Crippen molar-refractivity contribution in [3.05, 3.63) is 30.3 Å². The topological polar surface area (TPSA) is 60.9 Å². The first-order chi connectivity index (χ1) is 9.82. The summed E-state index contributed by atoms with van der Waals surface area (Å²) < 4.78 is 0. The van der Waals surface area contributed by atoms with Crippen LogP contribution in [0.1, 0.15) is 33.6 Å². The average molecular weight is 292 g/mol. The molecule has 0 aliphatic carbocycles. The summed E-state index contributed by atoms with van der Waals surface area (Å²) in [5.41, 5.74) is -0.472. The van der Waals surface area contributed by atoms with Crippen molar-refractivity contribution in [3.8, 4) is 0 Å². The van der Waals surface area contributed by atoms with E-state index in [1.807, 2.05) is 30.3 Å². The van der Waals surface area contributed by atoms with Crippen LogP contribution in [0.2, 0.25) is 0 Å². The van der Waals surface area contributed by atoms with Crippen LogP contribution in [0.3, 0.4) is 0 Å². The first kappa shape index (κ1) is 17.0. The van der Waals surface area contributed by atoms with Gasteiger partial charge in [0.2, 0.25) is 0 Å². The molecule has 0 aromatic heterocycles. The summed E-state index contributed by atoms with van der Waals surface area (Å²) in [6.07, 6.45) is 1.82. The normalized spacial score (nSPS) is 11.0. The number of rotatable bonds is 6. The molecule has 1 N–H and O–H groups in total. The average Bonchev–Trinajstić information content (AvgIpc) is 2.47. The van der Waals surface area contributed by atoms with Crippen LogP contribution in [-0.4, -0.2) is 41.1 Å². The van der Waals surface area contributed by atoms with E-state index in [-0.39, 0.29) is 6.03 Å². The molecule has 2 amide bonds. The molecule has 0 saturated heterocycles. The standard InChI is InChI=1S/C16H24N2O3/c1-5-6-12-18(13-10-8-7-9-11-13)15(21)17(4)16(2,3)14(19)20/h7-11H,5-6,12H2,1-4H3,(H,19,20). The lowest BCUT2D eigenvalue weighted by atomic mass is 10.0. The quantitative estimate of drug-likeness (QED) is 0.875. The number of urea groups is 1. The molecule has 116 valence electrons. The van der Waals surface area contributed by atoms with E-state index in [2.05, 4.69) is 6.92 Å². The molecular formula is C16H24N2O3. The third-order valence-corrected chi connectivity index (χ3v) is 3.68. The van der Waals surface area contributed by atoms with E-state index < -0.39 is 11.5 Å². The first-order valence-corrected chi connectivity index (χ1v) is 7.16. The fourth-order valence-corrected chi connectivity index (χ4v) is 1.82. The van der Waals surface area contributed by atoms with Gasteiger partial charge in [0.15, 0.2) is 0 Å². The number of likely N-dealkylation sites (N-methyl/N-ethyl adjacent to an activating group) is 1. The Hall–Kier alpha value is -2.04. The van der Waals surface area contributed by atoms with E-state index >= 15 is 0 Å². The molecule has 0 bridgehead atoms. The second-order valence-electron chi connectivity index (χ2n) is 5.55. The zero-order chi connectivity index (χ0) is 16.0. The first-order valence-electron chi connectivity index (χ1n) is 7.16. The fourth-order valence-electron chi connectivity index (χ4n) is 1.82. The Morgan fingerprint density at radius 1 is 1.19 bits per heavy atom. The summed E-state index contributed by atoms with van der Waals surface area (Å²) in [7, 11) is 1.53. The number of carboxylic acid groups (broad SMARTS) is 1. The molecule has 5 heteroatoms. The van der Waals surface area contributed by atoms with Crippen LogP contribution in [0.15, 0.2) is 30.3 Å². The summed E-state index contributed by atoms with van der Waals surface area (Å²) in [6.45, 7) is 5.67. The van der Waals surface area contributed by atoms with E-state index in [1.165, 1.54) is 25.8 Å². The zero-order valence-electron chi connectivity index (χ0n) is 13.2. The smallest absolute Gasteiger partial charge is 0.329 e. The maximum absolute atomic E-state index is 12.7. The highest BCUT2D eigenvalue weighted by Crippen LogP contribution is 2.20. The predicted octanol–water partition coefficient (Wildman–Crippen LogP) is 3.21. The summed E-state index contributed by atoms with van der Waals surface area (Å²) in [4.78, 5) is 26.9. The number of aliphatic carboxylic acids is 1. The number of para-hydroxylation sites is 1. The van der Waals surface area contributed by atoms with Crippen molar-refractivity contribution in [1.82, 2.24) is 4.90 Å². The molecule has 0 unspecified atom stereocenters. The molecule has 0 fully saturated rings. The summed E-state index contributed by atoms with van der Waals surface area (Å²) >= 11 is 0. The number of carbonyl (C=O) groups excluding carboxylic acids is 1. The number of hydrogen-bond acceptors (Lipinski definition) is 2. The fraction of sp³-hybridized carbons (Fsp3) is 0.500. The van der Waals surface area contributed by atoms with Gasteiger partial charge in [0.05, 0.1) is 0 Å². The van der Waals surface area contributed by atoms with Gasteiger partial charge < -0.3 is 10.0 Å². The van der Waals surface area contributed by atoms with Crippen LogP contribution in [0, 0.1) is 0 Å². The lowest BCUT2D eigenvalue weighted by molar-refractivity contribution is -0.146. The number of amides is 2. The Kier molecular flexibility index (Phi) is 5.76. The van der Waals surface area contributed by atoms with Gasteiger partial charge in [-0.25, -0.2) is 9.59 Å². The molecule has 0 atom stereocenters. The molecule has 1 rings (SSSR count). The predicted molar refractivity (Wildman–Crippen MR) is 83.6 cm³/mol. The Labute approximate surface area is 126 Å². The van der Waals surface area contributed by atoms with Crippen molar-refractivity contribution < 1.29 is 14.7 Å². The van der Waals surface area contributed by atoms with E-state index in [4.69, 9.17) is 0 Å². The Balaban J connectivity index is 3.03. The van der Waals surface area contributed by atoms with Crippen LogP contribution in [-0.2, 0) is 4.79 Å². The monoisotopic (exact) mass is 292 g/mol. The minimum Gasteiger partial charge on any atom is -0.480 e. The van der Waals surface area contributed by atoms with Crippen LogP contribution in [0.5, 0.6) is 0 Å². The molecule has 0 aliphatic heterocycles. The molecule has 0 aliphatic rings. The van der Waals surface area contributed by atoms with Gasteiger partial charge in [-0.3, -0.25) is 4.90 Å². The van der Waals surface area contributed by atoms with Gasteiger partial charge >= 0.3 is 12.0 Å². The number of nitrogens with zero attached hydrogens (tertiary/aromatic N) is 2. The van der Waals surface area contributed by atoms with Crippen molar-refractivity contribution in [2.75, 3.05) is 18.5 Å². The number of carbonyl (C=O) groups is 2. The molecule has 0 heterocycles. The summed E-state index contributed by atoms with van der Waals surface area (Å²) in [5.74, 6) is -1.03. The van der Waals surface area contributed by atoms with E-state index in [0.717, 1.165) is 18.5 Å². The molecule has 0 spiro atoms. The van der Waals surface area contributed by atoms with Gasteiger partial charge in [-0.1, -0.05) is 31.5 Å². The van der Waals surface area contributed by atoms with E-state index in [0.29, 0.717) is 6.54 Å². The molecule has 1 aromatic carbocycles. The van der Waals surface area contributed by atoms with Crippen molar-refractivity contribution in [3.63, 3.8) is 0 Å². The number of unbranched alkanes of at least 4 members (excludes halogenated alkanes) is 1. The summed E-state index contributed by atoms with van der Waals surface area (Å²) in [6, 6.07) is 9.02. The Morgan fingerprint density at radius 3 is 2.24 bits per heavy atom. The van der Waals surface area contributed by atoms with Crippen LogP contribution in [0.4, 0.5) is 10.5 Å². The maximum atomic E-state index is 12.7. The highest BCUT2D eigenvalue weighted by atomic mass is 16.4. The van der Waals surface area contributed by atoms with Gasteiger partial charge in [0, 0.05) is 19.3 Å². The van der Waals surface area contributed by atoms with E-state index in [9.17, 15) is 14.7 Å². The highest BCUT2D eigenvalue weighted by molar-refractivity contribution is 5.95. The van der Waals surface area contributed by atoms with Gasteiger partial charge in [0.1, 0.15) is 5.54 Å². The second-order valence-corrected chi connectivity index (χ2v) is 5.55. The van der Waals surface area contributed by atoms with Crippen LogP contribution in [0.25, 0.3) is 0 Å². The zero-order valence-corrected chi connectivity index (χ0v) is 13.2. The third-order valence-electron chi connectivity index (χ3n) is 3.68. The largest absolute Gasteiger partial charge is 0.480 e. The van der Waals surface area contributed by atoms with Crippen LogP contribution < -0.4 is 4.90 Å². The molecule has 0 saturated carbocycles. The lowest BCUT2D eigenvalue weighted by Gasteiger charge is -2.36. The van der Waals surface area contributed by atoms with Gasteiger partial charge in [-0.2, -0.15) is 0 Å². The van der Waals surface area contributed by atoms with Gasteiger partial charge in [-0.05, 0) is 32.4 Å². The molecule has 1 aromatic rings. The van der Waals surface area contributed by atoms with Gasteiger partial charge in [-0.15, -0.1) is 0 Å². The number of anilines is 1. The van der Waals surface area contributed by atoms with Crippen LogP contribution >= 0.6 is 0 Å².